The van der Waals surface area contributed by atoms with Gasteiger partial charge in [-0.25, -0.2) is 0 Å². The van der Waals surface area contributed by atoms with Crippen LogP contribution in [0.2, 0.25) is 0 Å². The number of hydrogen-bond donors (Lipinski definition) is 2. The number of rotatable bonds is 13. The van der Waals surface area contributed by atoms with Crippen LogP contribution in [0, 0.1) is 0 Å². The van der Waals surface area contributed by atoms with Gasteiger partial charge in [-0.05, 0) is 38.2 Å². The third kappa shape index (κ3) is 14.0. The summed E-state index contributed by atoms with van der Waals surface area (Å²) < 4.78 is 11.0. The smallest absolute Gasteiger partial charge is 0.190 e. The van der Waals surface area contributed by atoms with Crippen molar-refractivity contribution in [2.45, 2.75) is 32.6 Å². The fourth-order valence-corrected chi connectivity index (χ4v) is 2.22. The molecule has 0 amide bonds. The number of nitrogens with zero attached hydrogens (tertiary/aromatic N) is 1. The number of ether oxygens (including phenoxy) is 2. The summed E-state index contributed by atoms with van der Waals surface area (Å²) >= 11 is 0. The molecule has 6 heteroatoms. The average Bonchev–Trinajstić information content (AvgIpc) is 2.62. The van der Waals surface area contributed by atoms with Gasteiger partial charge in [0.2, 0.25) is 0 Å². The first-order chi connectivity index (χ1) is 11.9. The Morgan fingerprint density at radius 3 is 2.28 bits per heavy atom. The highest BCUT2D eigenvalue weighted by molar-refractivity contribution is 14.0. The van der Waals surface area contributed by atoms with Gasteiger partial charge in [0.15, 0.2) is 5.96 Å². The molecule has 0 aromatic heterocycles. The van der Waals surface area contributed by atoms with E-state index in [4.69, 9.17) is 9.47 Å². The number of hydrogen-bond acceptors (Lipinski definition) is 3. The van der Waals surface area contributed by atoms with Crippen molar-refractivity contribution >= 4 is 29.9 Å². The van der Waals surface area contributed by atoms with Crippen molar-refractivity contribution in [1.82, 2.24) is 10.6 Å². The van der Waals surface area contributed by atoms with E-state index in [0.717, 1.165) is 71.2 Å². The Morgan fingerprint density at radius 2 is 1.60 bits per heavy atom. The molecule has 0 saturated carbocycles. The lowest BCUT2D eigenvalue weighted by molar-refractivity contribution is 0.133. The molecule has 2 N–H and O–H groups in total. The Morgan fingerprint density at radius 1 is 0.920 bits per heavy atom. The van der Waals surface area contributed by atoms with E-state index in [1.54, 1.807) is 7.05 Å². The molecule has 0 fully saturated rings. The second kappa shape index (κ2) is 17.9. The number of guanidine groups is 1. The number of unbranched alkanes of at least 4 members (excludes halogenated alkanes) is 1. The Hall–Kier alpha value is -0.860. The van der Waals surface area contributed by atoms with Crippen molar-refractivity contribution in [1.29, 1.82) is 0 Å². The Bertz CT molecular complexity index is 430. The maximum Gasteiger partial charge on any atom is 0.190 e. The van der Waals surface area contributed by atoms with E-state index in [-0.39, 0.29) is 24.0 Å². The number of nitrogens with one attached hydrogen (secondary N) is 2. The molecule has 0 aliphatic heterocycles. The van der Waals surface area contributed by atoms with Crippen LogP contribution in [0.5, 0.6) is 0 Å². The highest BCUT2D eigenvalue weighted by atomic mass is 127. The van der Waals surface area contributed by atoms with Crippen LogP contribution >= 0.6 is 24.0 Å². The van der Waals surface area contributed by atoms with Crippen molar-refractivity contribution in [2.75, 3.05) is 46.6 Å². The van der Waals surface area contributed by atoms with Crippen LogP contribution in [-0.2, 0) is 15.9 Å². The van der Waals surface area contributed by atoms with Gasteiger partial charge in [-0.1, -0.05) is 30.3 Å². The van der Waals surface area contributed by atoms with Gasteiger partial charge >= 0.3 is 0 Å². The van der Waals surface area contributed by atoms with Gasteiger partial charge in [-0.15, -0.1) is 24.0 Å². The van der Waals surface area contributed by atoms with Crippen LogP contribution in [0.3, 0.4) is 0 Å². The summed E-state index contributed by atoms with van der Waals surface area (Å²) in [6, 6.07) is 10.5. The Kier molecular flexibility index (Phi) is 17.3. The fourth-order valence-electron chi connectivity index (χ4n) is 2.22. The highest BCUT2D eigenvalue weighted by Crippen LogP contribution is 2.00. The molecule has 1 aromatic carbocycles. The van der Waals surface area contributed by atoms with Crippen LogP contribution < -0.4 is 10.6 Å². The molecule has 0 aliphatic rings. The first-order valence-corrected chi connectivity index (χ1v) is 9.00. The molecule has 144 valence electrons. The predicted molar refractivity (Wildman–Crippen MR) is 116 cm³/mol. The molecule has 0 heterocycles. The van der Waals surface area contributed by atoms with E-state index < -0.39 is 0 Å². The molecule has 0 saturated heterocycles. The van der Waals surface area contributed by atoms with Gasteiger partial charge < -0.3 is 20.1 Å². The maximum absolute atomic E-state index is 5.69. The van der Waals surface area contributed by atoms with Gasteiger partial charge in [0.05, 0.1) is 6.61 Å². The summed E-state index contributed by atoms with van der Waals surface area (Å²) in [6.07, 6.45) is 4.11. The number of aliphatic imine (C=N–C) groups is 1. The SMILES string of the molecule is CCOCCCNC(=NC)NCCCCOCCc1ccccc1.I. The lowest BCUT2D eigenvalue weighted by Gasteiger charge is -2.11. The molecule has 0 spiro atoms. The Balaban J connectivity index is 0.00000576. The van der Waals surface area contributed by atoms with Gasteiger partial charge in [-0.2, -0.15) is 0 Å². The van der Waals surface area contributed by atoms with Crippen molar-refractivity contribution in [3.05, 3.63) is 35.9 Å². The normalized spacial score (nSPS) is 11.0. The minimum atomic E-state index is 0. The highest BCUT2D eigenvalue weighted by Gasteiger charge is 1.97. The summed E-state index contributed by atoms with van der Waals surface area (Å²) in [5.74, 6) is 0.858. The molecule has 0 aliphatic carbocycles. The standard InChI is InChI=1S/C19H33N3O2.HI/c1-3-23-16-9-14-22-19(20-2)21-13-7-8-15-24-17-12-18-10-5-4-6-11-18;/h4-6,10-11H,3,7-9,12-17H2,1-2H3,(H2,20,21,22);1H. The lowest BCUT2D eigenvalue weighted by Crippen LogP contribution is -2.38. The van der Waals surface area contributed by atoms with E-state index >= 15 is 0 Å². The van der Waals surface area contributed by atoms with Crippen LogP contribution in [0.15, 0.2) is 35.3 Å². The average molecular weight is 463 g/mol. The molecule has 0 radical (unpaired) electrons. The monoisotopic (exact) mass is 463 g/mol. The molecule has 1 rings (SSSR count). The second-order valence-electron chi connectivity index (χ2n) is 5.53. The molecule has 5 nitrogen and oxygen atoms in total. The van der Waals surface area contributed by atoms with Gasteiger partial charge in [0, 0.05) is 40.0 Å². The van der Waals surface area contributed by atoms with Crippen molar-refractivity contribution in [3.63, 3.8) is 0 Å². The van der Waals surface area contributed by atoms with E-state index in [1.807, 2.05) is 13.0 Å². The van der Waals surface area contributed by atoms with E-state index in [9.17, 15) is 0 Å². The lowest BCUT2D eigenvalue weighted by atomic mass is 10.2. The molecule has 0 unspecified atom stereocenters. The van der Waals surface area contributed by atoms with Gasteiger partial charge in [0.25, 0.3) is 0 Å². The molecule has 25 heavy (non-hydrogen) atoms. The zero-order chi connectivity index (χ0) is 17.3. The van der Waals surface area contributed by atoms with Gasteiger partial charge in [-0.3, -0.25) is 4.99 Å². The summed E-state index contributed by atoms with van der Waals surface area (Å²) in [5, 5.41) is 6.60. The van der Waals surface area contributed by atoms with E-state index in [1.165, 1.54) is 5.56 Å². The van der Waals surface area contributed by atoms with E-state index in [2.05, 4.69) is 39.9 Å². The molecular weight excluding hydrogens is 429 g/mol. The maximum atomic E-state index is 5.69. The van der Waals surface area contributed by atoms with Crippen molar-refractivity contribution in [2.24, 2.45) is 4.99 Å². The molecular formula is C19H34IN3O2. The number of benzene rings is 1. The van der Waals surface area contributed by atoms with Crippen molar-refractivity contribution in [3.8, 4) is 0 Å². The molecule has 0 atom stereocenters. The summed E-state index contributed by atoms with van der Waals surface area (Å²) in [5.41, 5.74) is 1.33. The second-order valence-corrected chi connectivity index (χ2v) is 5.53. The fraction of sp³-hybridized carbons (Fsp3) is 0.632. The molecule has 1 aromatic rings. The summed E-state index contributed by atoms with van der Waals surface area (Å²) in [6.45, 7) is 6.98. The predicted octanol–water partition coefficient (Wildman–Crippen LogP) is 3.24. The van der Waals surface area contributed by atoms with Crippen LogP contribution in [0.25, 0.3) is 0 Å². The third-order valence-corrected chi connectivity index (χ3v) is 3.57. The number of halogens is 1. The third-order valence-electron chi connectivity index (χ3n) is 3.57. The molecule has 0 bridgehead atoms. The summed E-state index contributed by atoms with van der Waals surface area (Å²) in [7, 11) is 1.80. The van der Waals surface area contributed by atoms with Crippen molar-refractivity contribution < 1.29 is 9.47 Å². The van der Waals surface area contributed by atoms with E-state index in [0.29, 0.717) is 0 Å². The zero-order valence-corrected chi connectivity index (χ0v) is 18.0. The topological polar surface area (TPSA) is 54.9 Å². The first-order valence-electron chi connectivity index (χ1n) is 9.00. The van der Waals surface area contributed by atoms with Gasteiger partial charge in [0.1, 0.15) is 0 Å². The minimum Gasteiger partial charge on any atom is -0.382 e. The Labute approximate surface area is 170 Å². The zero-order valence-electron chi connectivity index (χ0n) is 15.6. The summed E-state index contributed by atoms with van der Waals surface area (Å²) in [4.78, 5) is 4.21. The van der Waals surface area contributed by atoms with Crippen LogP contribution in [0.4, 0.5) is 0 Å². The van der Waals surface area contributed by atoms with Crippen LogP contribution in [0.1, 0.15) is 31.7 Å². The largest absolute Gasteiger partial charge is 0.382 e. The quantitative estimate of drug-likeness (QED) is 0.204. The van der Waals surface area contributed by atoms with Crippen LogP contribution in [-0.4, -0.2) is 52.5 Å². The first kappa shape index (κ1) is 24.1. The minimum absolute atomic E-state index is 0.